The average Bonchev–Trinajstić information content (AvgIpc) is 2.41. The molecule has 0 aliphatic rings. The maximum absolute atomic E-state index is 13.9. The van der Waals surface area contributed by atoms with Gasteiger partial charge in [0.1, 0.15) is 17.4 Å². The highest BCUT2D eigenvalue weighted by molar-refractivity contribution is 6.30. The van der Waals surface area contributed by atoms with Gasteiger partial charge in [-0.15, -0.1) is 0 Å². The van der Waals surface area contributed by atoms with E-state index in [0.717, 1.165) is 0 Å². The summed E-state index contributed by atoms with van der Waals surface area (Å²) in [5.41, 5.74) is 6.65. The SMILES string of the molecule is COc1ccc(C(N)c2ccc(Cl)c(F)c2)c(F)c1. The summed E-state index contributed by atoms with van der Waals surface area (Å²) in [5, 5.41) is 0.00570. The van der Waals surface area contributed by atoms with E-state index in [4.69, 9.17) is 22.1 Å². The Labute approximate surface area is 114 Å². The lowest BCUT2D eigenvalue weighted by Gasteiger charge is -2.14. The van der Waals surface area contributed by atoms with E-state index in [1.54, 1.807) is 12.1 Å². The van der Waals surface area contributed by atoms with Crippen LogP contribution in [0.3, 0.4) is 0 Å². The zero-order valence-electron chi connectivity index (χ0n) is 10.2. The number of ether oxygens (including phenoxy) is 1. The summed E-state index contributed by atoms with van der Waals surface area (Å²) in [4.78, 5) is 0. The largest absolute Gasteiger partial charge is 0.497 e. The molecule has 5 heteroatoms. The highest BCUT2D eigenvalue weighted by Crippen LogP contribution is 2.27. The van der Waals surface area contributed by atoms with Gasteiger partial charge in [0.15, 0.2) is 0 Å². The van der Waals surface area contributed by atoms with Crippen molar-refractivity contribution in [3.63, 3.8) is 0 Å². The summed E-state index contributed by atoms with van der Waals surface area (Å²) >= 11 is 5.60. The molecule has 0 spiro atoms. The second-order valence-corrected chi connectivity index (χ2v) is 4.45. The van der Waals surface area contributed by atoms with Crippen LogP contribution in [0.4, 0.5) is 8.78 Å². The van der Waals surface area contributed by atoms with Crippen LogP contribution in [0.2, 0.25) is 5.02 Å². The molecule has 2 nitrogen and oxygen atoms in total. The van der Waals surface area contributed by atoms with Gasteiger partial charge in [-0.1, -0.05) is 23.7 Å². The van der Waals surface area contributed by atoms with Crippen LogP contribution in [0.5, 0.6) is 5.75 Å². The summed E-state index contributed by atoms with van der Waals surface area (Å²) in [6.45, 7) is 0. The van der Waals surface area contributed by atoms with Crippen molar-refractivity contribution < 1.29 is 13.5 Å². The van der Waals surface area contributed by atoms with Gasteiger partial charge in [0.25, 0.3) is 0 Å². The van der Waals surface area contributed by atoms with Crippen LogP contribution < -0.4 is 10.5 Å². The van der Waals surface area contributed by atoms with Gasteiger partial charge in [-0.3, -0.25) is 0 Å². The number of halogens is 3. The third kappa shape index (κ3) is 2.85. The molecule has 0 bridgehead atoms. The summed E-state index contributed by atoms with van der Waals surface area (Å²) in [5.74, 6) is -0.679. The lowest BCUT2D eigenvalue weighted by atomic mass is 9.99. The van der Waals surface area contributed by atoms with Gasteiger partial charge in [0.2, 0.25) is 0 Å². The molecule has 0 saturated carbocycles. The summed E-state index contributed by atoms with van der Waals surface area (Å²) in [6, 6.07) is 7.76. The molecule has 1 unspecified atom stereocenters. The van der Waals surface area contributed by atoms with Crippen LogP contribution in [-0.2, 0) is 0 Å². The molecule has 2 aromatic rings. The predicted molar refractivity (Wildman–Crippen MR) is 70.4 cm³/mol. The smallest absolute Gasteiger partial charge is 0.142 e. The quantitative estimate of drug-likeness (QED) is 0.933. The minimum absolute atomic E-state index is 0.00570. The summed E-state index contributed by atoms with van der Waals surface area (Å²) in [6.07, 6.45) is 0. The van der Waals surface area contributed by atoms with E-state index >= 15 is 0 Å². The fourth-order valence-corrected chi connectivity index (χ4v) is 1.89. The van der Waals surface area contributed by atoms with Crippen LogP contribution in [0, 0.1) is 11.6 Å². The van der Waals surface area contributed by atoms with Crippen molar-refractivity contribution in [3.05, 3.63) is 64.2 Å². The van der Waals surface area contributed by atoms with Gasteiger partial charge in [-0.05, 0) is 23.8 Å². The fourth-order valence-electron chi connectivity index (χ4n) is 1.77. The predicted octanol–water partition coefficient (Wildman–Crippen LogP) is 3.67. The van der Waals surface area contributed by atoms with Gasteiger partial charge in [0, 0.05) is 11.6 Å². The molecule has 0 saturated heterocycles. The van der Waals surface area contributed by atoms with Gasteiger partial charge in [0.05, 0.1) is 18.2 Å². The molecular weight excluding hydrogens is 272 g/mol. The lowest BCUT2D eigenvalue weighted by molar-refractivity contribution is 0.410. The van der Waals surface area contributed by atoms with Gasteiger partial charge < -0.3 is 10.5 Å². The molecule has 19 heavy (non-hydrogen) atoms. The van der Waals surface area contributed by atoms with E-state index in [-0.39, 0.29) is 10.6 Å². The number of methoxy groups -OCH3 is 1. The zero-order chi connectivity index (χ0) is 14.0. The molecule has 100 valence electrons. The molecule has 1 atom stereocenters. The van der Waals surface area contributed by atoms with Crippen molar-refractivity contribution >= 4 is 11.6 Å². The highest BCUT2D eigenvalue weighted by Gasteiger charge is 2.15. The topological polar surface area (TPSA) is 35.2 Å². The van der Waals surface area contributed by atoms with Crippen LogP contribution >= 0.6 is 11.6 Å². The average molecular weight is 284 g/mol. The Morgan fingerprint density at radius 1 is 1.11 bits per heavy atom. The maximum atomic E-state index is 13.9. The number of benzene rings is 2. The first-order valence-corrected chi connectivity index (χ1v) is 5.94. The standard InChI is InChI=1S/C14H12ClF2NO/c1-19-9-3-4-10(12(16)7-9)14(18)8-2-5-11(15)13(17)6-8/h2-7,14H,18H2,1H3. The molecule has 2 rings (SSSR count). The Morgan fingerprint density at radius 3 is 2.42 bits per heavy atom. The molecule has 0 amide bonds. The molecule has 0 aromatic heterocycles. The molecule has 2 aromatic carbocycles. The van der Waals surface area contributed by atoms with Crippen LogP contribution in [0.25, 0.3) is 0 Å². The number of nitrogens with two attached hydrogens (primary N) is 1. The molecular formula is C14H12ClF2NO. The first-order valence-electron chi connectivity index (χ1n) is 5.57. The van der Waals surface area contributed by atoms with E-state index in [2.05, 4.69) is 0 Å². The van der Waals surface area contributed by atoms with Crippen LogP contribution in [0.1, 0.15) is 17.2 Å². The second kappa shape index (κ2) is 5.55. The third-order valence-corrected chi connectivity index (χ3v) is 3.15. The van der Waals surface area contributed by atoms with E-state index in [1.807, 2.05) is 0 Å². The minimum atomic E-state index is -0.766. The van der Waals surface area contributed by atoms with Crippen molar-refractivity contribution in [2.75, 3.05) is 7.11 Å². The Balaban J connectivity index is 2.38. The Bertz CT molecular complexity index is 604. The first kappa shape index (κ1) is 13.8. The van der Waals surface area contributed by atoms with Crippen LogP contribution in [0.15, 0.2) is 36.4 Å². The van der Waals surface area contributed by atoms with Gasteiger partial charge in [-0.25, -0.2) is 8.78 Å². The van der Waals surface area contributed by atoms with Gasteiger partial charge in [-0.2, -0.15) is 0 Å². The van der Waals surface area contributed by atoms with E-state index in [1.165, 1.54) is 31.4 Å². The molecule has 0 aliphatic carbocycles. The Hall–Kier alpha value is -1.65. The highest BCUT2D eigenvalue weighted by atomic mass is 35.5. The van der Waals surface area contributed by atoms with Crippen molar-refractivity contribution in [3.8, 4) is 5.75 Å². The monoisotopic (exact) mass is 283 g/mol. The molecule has 2 N–H and O–H groups in total. The molecule has 0 heterocycles. The Kier molecular flexibility index (Phi) is 4.02. The lowest BCUT2D eigenvalue weighted by Crippen LogP contribution is -2.14. The van der Waals surface area contributed by atoms with E-state index < -0.39 is 17.7 Å². The molecule has 0 aliphatic heterocycles. The second-order valence-electron chi connectivity index (χ2n) is 4.04. The van der Waals surface area contributed by atoms with Crippen molar-refractivity contribution in [1.29, 1.82) is 0 Å². The number of rotatable bonds is 3. The normalized spacial score (nSPS) is 12.3. The van der Waals surface area contributed by atoms with Crippen LogP contribution in [-0.4, -0.2) is 7.11 Å². The fraction of sp³-hybridized carbons (Fsp3) is 0.143. The molecule has 0 radical (unpaired) electrons. The summed E-state index contributed by atoms with van der Waals surface area (Å²) < 4.78 is 32.2. The number of hydrogen-bond acceptors (Lipinski definition) is 2. The first-order chi connectivity index (χ1) is 9.02. The van der Waals surface area contributed by atoms with Crippen molar-refractivity contribution in [2.45, 2.75) is 6.04 Å². The van der Waals surface area contributed by atoms with E-state index in [0.29, 0.717) is 11.3 Å². The Morgan fingerprint density at radius 2 is 1.84 bits per heavy atom. The summed E-state index contributed by atoms with van der Waals surface area (Å²) in [7, 11) is 1.45. The van der Waals surface area contributed by atoms with Gasteiger partial charge >= 0.3 is 0 Å². The molecule has 0 fully saturated rings. The van der Waals surface area contributed by atoms with Crippen molar-refractivity contribution in [1.82, 2.24) is 0 Å². The van der Waals surface area contributed by atoms with E-state index in [9.17, 15) is 8.78 Å². The minimum Gasteiger partial charge on any atom is -0.497 e. The zero-order valence-corrected chi connectivity index (χ0v) is 10.9. The maximum Gasteiger partial charge on any atom is 0.142 e. The third-order valence-electron chi connectivity index (χ3n) is 2.85. The van der Waals surface area contributed by atoms with Crippen molar-refractivity contribution in [2.24, 2.45) is 5.73 Å². The number of hydrogen-bond donors (Lipinski definition) is 1.